The van der Waals surface area contributed by atoms with Crippen molar-refractivity contribution >= 4 is 33.5 Å². The van der Waals surface area contributed by atoms with Crippen LogP contribution in [0.2, 0.25) is 0 Å². The lowest BCUT2D eigenvalue weighted by molar-refractivity contribution is -0.121. The smallest absolute Gasteiger partial charge is 0.242 e. The number of rotatable bonds is 8. The first kappa shape index (κ1) is 16.6. The van der Waals surface area contributed by atoms with Crippen LogP contribution in [0.4, 0.5) is 11.6 Å². The fourth-order valence-electron chi connectivity index (χ4n) is 1.46. The molecule has 1 aromatic rings. The van der Waals surface area contributed by atoms with Gasteiger partial charge in [-0.3, -0.25) is 4.79 Å². The SMILES string of the molecule is CCNc1ncnc(NC(C)C(=O)NCCOC)c1Br. The number of nitrogens with zero attached hydrogens (tertiary/aromatic N) is 2. The van der Waals surface area contributed by atoms with Crippen molar-refractivity contribution in [2.45, 2.75) is 19.9 Å². The third-order valence-electron chi connectivity index (χ3n) is 2.49. The molecule has 0 saturated carbocycles. The monoisotopic (exact) mass is 345 g/mol. The highest BCUT2D eigenvalue weighted by Gasteiger charge is 2.15. The maximum absolute atomic E-state index is 11.8. The van der Waals surface area contributed by atoms with Crippen molar-refractivity contribution < 1.29 is 9.53 Å². The van der Waals surface area contributed by atoms with E-state index in [2.05, 4.69) is 41.8 Å². The van der Waals surface area contributed by atoms with Crippen molar-refractivity contribution in [2.75, 3.05) is 37.4 Å². The number of aromatic nitrogens is 2. The molecule has 112 valence electrons. The number of anilines is 2. The Morgan fingerprint density at radius 2 is 2.15 bits per heavy atom. The molecule has 0 fully saturated rings. The predicted octanol–water partition coefficient (Wildman–Crippen LogP) is 1.23. The van der Waals surface area contributed by atoms with Gasteiger partial charge in [0.25, 0.3) is 0 Å². The van der Waals surface area contributed by atoms with Gasteiger partial charge in [0.1, 0.15) is 28.5 Å². The second-order valence-corrected chi connectivity index (χ2v) is 4.86. The largest absolute Gasteiger partial charge is 0.383 e. The minimum absolute atomic E-state index is 0.113. The lowest BCUT2D eigenvalue weighted by Gasteiger charge is -2.16. The van der Waals surface area contributed by atoms with Crippen molar-refractivity contribution in [1.29, 1.82) is 0 Å². The number of hydrogen-bond donors (Lipinski definition) is 3. The molecular weight excluding hydrogens is 326 g/mol. The molecule has 0 bridgehead atoms. The van der Waals surface area contributed by atoms with Gasteiger partial charge in [-0.25, -0.2) is 9.97 Å². The predicted molar refractivity (Wildman–Crippen MR) is 81.9 cm³/mol. The van der Waals surface area contributed by atoms with Gasteiger partial charge in [-0.05, 0) is 29.8 Å². The molecule has 0 aliphatic rings. The summed E-state index contributed by atoms with van der Waals surface area (Å²) >= 11 is 3.42. The van der Waals surface area contributed by atoms with Gasteiger partial charge in [-0.1, -0.05) is 0 Å². The van der Waals surface area contributed by atoms with E-state index in [4.69, 9.17) is 4.74 Å². The average Bonchev–Trinajstić information content (AvgIpc) is 2.43. The van der Waals surface area contributed by atoms with Crippen LogP contribution in [0.5, 0.6) is 0 Å². The van der Waals surface area contributed by atoms with Crippen molar-refractivity contribution in [1.82, 2.24) is 15.3 Å². The number of methoxy groups -OCH3 is 1. The van der Waals surface area contributed by atoms with E-state index < -0.39 is 6.04 Å². The first-order valence-electron chi connectivity index (χ1n) is 6.37. The van der Waals surface area contributed by atoms with E-state index in [1.54, 1.807) is 14.0 Å². The fraction of sp³-hybridized carbons (Fsp3) is 0.583. The summed E-state index contributed by atoms with van der Waals surface area (Å²) in [4.78, 5) is 20.1. The summed E-state index contributed by atoms with van der Waals surface area (Å²) < 4.78 is 5.59. The van der Waals surface area contributed by atoms with E-state index in [1.807, 2.05) is 6.92 Å². The van der Waals surface area contributed by atoms with E-state index in [0.717, 1.165) is 6.54 Å². The highest BCUT2D eigenvalue weighted by molar-refractivity contribution is 9.10. The number of halogens is 1. The standard InChI is InChI=1S/C12H20BrN5O2/c1-4-14-10-9(13)11(17-7-16-10)18-8(2)12(19)15-5-6-20-3/h7-8H,4-6H2,1-3H3,(H,15,19)(H2,14,16,17,18). The van der Waals surface area contributed by atoms with Crippen LogP contribution < -0.4 is 16.0 Å². The summed E-state index contributed by atoms with van der Waals surface area (Å²) in [6.45, 7) is 5.47. The van der Waals surface area contributed by atoms with Gasteiger partial charge in [-0.15, -0.1) is 0 Å². The Morgan fingerprint density at radius 3 is 2.80 bits per heavy atom. The molecule has 3 N–H and O–H groups in total. The van der Waals surface area contributed by atoms with Crippen LogP contribution in [0.25, 0.3) is 0 Å². The summed E-state index contributed by atoms with van der Waals surface area (Å²) in [5.74, 6) is 1.15. The van der Waals surface area contributed by atoms with Crippen LogP contribution >= 0.6 is 15.9 Å². The summed E-state index contributed by atoms with van der Waals surface area (Å²) in [5.41, 5.74) is 0. The van der Waals surface area contributed by atoms with Gasteiger partial charge >= 0.3 is 0 Å². The minimum Gasteiger partial charge on any atom is -0.383 e. The molecule has 0 saturated heterocycles. The van der Waals surface area contributed by atoms with Crippen LogP contribution in [0.1, 0.15) is 13.8 Å². The Hall–Kier alpha value is -1.41. The van der Waals surface area contributed by atoms with Crippen molar-refractivity contribution in [3.8, 4) is 0 Å². The molecule has 20 heavy (non-hydrogen) atoms. The molecular formula is C12H20BrN5O2. The molecule has 0 spiro atoms. The van der Waals surface area contributed by atoms with Gasteiger partial charge in [0.2, 0.25) is 5.91 Å². The Bertz CT molecular complexity index is 444. The third kappa shape index (κ3) is 4.93. The third-order valence-corrected chi connectivity index (χ3v) is 3.24. The maximum Gasteiger partial charge on any atom is 0.242 e. The summed E-state index contributed by atoms with van der Waals surface area (Å²) in [6, 6.07) is -0.410. The number of carbonyl (C=O) groups excluding carboxylic acids is 1. The lowest BCUT2D eigenvalue weighted by atomic mass is 10.3. The van der Waals surface area contributed by atoms with E-state index in [9.17, 15) is 4.79 Å². The van der Waals surface area contributed by atoms with Crippen LogP contribution in [0, 0.1) is 0 Å². The van der Waals surface area contributed by atoms with Crippen molar-refractivity contribution in [3.63, 3.8) is 0 Å². The van der Waals surface area contributed by atoms with Gasteiger partial charge < -0.3 is 20.7 Å². The van der Waals surface area contributed by atoms with Crippen LogP contribution in [-0.2, 0) is 9.53 Å². The van der Waals surface area contributed by atoms with Crippen LogP contribution in [-0.4, -0.2) is 48.7 Å². The average molecular weight is 346 g/mol. The number of amides is 1. The zero-order chi connectivity index (χ0) is 15.0. The molecule has 1 rings (SSSR count). The molecule has 0 aliphatic carbocycles. The zero-order valence-electron chi connectivity index (χ0n) is 11.9. The molecule has 1 amide bonds. The summed E-state index contributed by atoms with van der Waals surface area (Å²) in [7, 11) is 1.59. The van der Waals surface area contributed by atoms with E-state index in [0.29, 0.717) is 29.3 Å². The first-order valence-corrected chi connectivity index (χ1v) is 7.17. The van der Waals surface area contributed by atoms with Gasteiger partial charge in [0.05, 0.1) is 6.61 Å². The highest BCUT2D eigenvalue weighted by atomic mass is 79.9. The van der Waals surface area contributed by atoms with Crippen molar-refractivity contribution in [3.05, 3.63) is 10.8 Å². The summed E-state index contributed by atoms with van der Waals surface area (Å²) in [5, 5.41) is 8.91. The molecule has 0 aromatic carbocycles. The molecule has 1 aromatic heterocycles. The Labute approximate surface area is 127 Å². The molecule has 0 aliphatic heterocycles. The second kappa shape index (κ2) is 8.70. The van der Waals surface area contributed by atoms with E-state index in [-0.39, 0.29) is 5.91 Å². The zero-order valence-corrected chi connectivity index (χ0v) is 13.5. The van der Waals surface area contributed by atoms with Gasteiger partial charge in [0.15, 0.2) is 0 Å². The fourth-order valence-corrected chi connectivity index (χ4v) is 1.92. The molecule has 7 nitrogen and oxygen atoms in total. The highest BCUT2D eigenvalue weighted by Crippen LogP contribution is 2.26. The van der Waals surface area contributed by atoms with Crippen LogP contribution in [0.3, 0.4) is 0 Å². The number of hydrogen-bond acceptors (Lipinski definition) is 6. The van der Waals surface area contributed by atoms with Gasteiger partial charge in [-0.2, -0.15) is 0 Å². The topological polar surface area (TPSA) is 88.2 Å². The van der Waals surface area contributed by atoms with Crippen molar-refractivity contribution in [2.24, 2.45) is 0 Å². The molecule has 8 heteroatoms. The van der Waals surface area contributed by atoms with Gasteiger partial charge in [0, 0.05) is 20.2 Å². The quantitative estimate of drug-likeness (QED) is 0.614. The molecule has 0 radical (unpaired) electrons. The Kier molecular flexibility index (Phi) is 7.24. The lowest BCUT2D eigenvalue weighted by Crippen LogP contribution is -2.39. The van der Waals surface area contributed by atoms with Crippen LogP contribution in [0.15, 0.2) is 10.8 Å². The molecule has 1 atom stereocenters. The molecule has 1 unspecified atom stereocenters. The number of carbonyl (C=O) groups is 1. The second-order valence-electron chi connectivity index (χ2n) is 4.07. The number of nitrogens with one attached hydrogen (secondary N) is 3. The number of ether oxygens (including phenoxy) is 1. The Morgan fingerprint density at radius 1 is 1.45 bits per heavy atom. The van der Waals surface area contributed by atoms with E-state index >= 15 is 0 Å². The first-order chi connectivity index (χ1) is 9.60. The maximum atomic E-state index is 11.8. The van der Waals surface area contributed by atoms with E-state index in [1.165, 1.54) is 6.33 Å². The Balaban J connectivity index is 2.63. The minimum atomic E-state index is -0.410. The summed E-state index contributed by atoms with van der Waals surface area (Å²) in [6.07, 6.45) is 1.45. The normalized spacial score (nSPS) is 11.8. The molecule has 1 heterocycles.